The molecule has 1 saturated carbocycles. The molecule has 1 aliphatic carbocycles. The van der Waals surface area contributed by atoms with Gasteiger partial charge >= 0.3 is 0 Å². The molecule has 1 aliphatic rings. The van der Waals surface area contributed by atoms with Crippen LogP contribution in [0.15, 0.2) is 23.3 Å². The van der Waals surface area contributed by atoms with Gasteiger partial charge < -0.3 is 0 Å². The van der Waals surface area contributed by atoms with Crippen LogP contribution in [0.4, 0.5) is 0 Å². The first kappa shape index (κ1) is 11.8. The monoisotopic (exact) mass is 212 g/mol. The summed E-state index contributed by atoms with van der Waals surface area (Å²) in [4.78, 5) is 0. The molecule has 0 aliphatic heterocycles. The van der Waals surface area contributed by atoms with Gasteiger partial charge in [0.05, 0.1) is 0 Å². The average molecular weight is 213 g/mol. The topological polar surface area (TPSA) is 0 Å². The quantitative estimate of drug-likeness (QED) is 0.569. The van der Waals surface area contributed by atoms with Crippen molar-refractivity contribution in [2.75, 3.05) is 0 Å². The second-order valence-electron chi connectivity index (χ2n) is 4.29. The largest absolute Gasteiger partial charge is 0.0892 e. The summed E-state index contributed by atoms with van der Waals surface area (Å²) in [6.45, 7) is 4.44. The van der Waals surface area contributed by atoms with Gasteiger partial charge in [-0.1, -0.05) is 44.0 Å². The van der Waals surface area contributed by atoms with Crippen molar-refractivity contribution < 1.29 is 0 Å². The van der Waals surface area contributed by atoms with Crippen LogP contribution in [-0.2, 0) is 0 Å². The predicted octanol–water partition coefficient (Wildman–Crippen LogP) is 4.90. The number of rotatable bonds is 5. The Hall–Kier alpha value is -0.230. The minimum Gasteiger partial charge on any atom is -0.0892 e. The molecule has 0 N–H and O–H groups in total. The lowest BCUT2D eigenvalue weighted by Gasteiger charge is -2.33. The maximum Gasteiger partial charge on any atom is 0.0178 e. The summed E-state index contributed by atoms with van der Waals surface area (Å²) >= 11 is 5.88. The van der Waals surface area contributed by atoms with Crippen molar-refractivity contribution in [3.05, 3.63) is 23.3 Å². The fourth-order valence-corrected chi connectivity index (χ4v) is 1.93. The van der Waals surface area contributed by atoms with Crippen molar-refractivity contribution in [3.8, 4) is 0 Å². The van der Waals surface area contributed by atoms with Gasteiger partial charge in [-0.2, -0.15) is 0 Å². The van der Waals surface area contributed by atoms with E-state index in [0.29, 0.717) is 0 Å². The molecule has 0 bridgehead atoms. The van der Waals surface area contributed by atoms with Gasteiger partial charge in [0.15, 0.2) is 0 Å². The van der Waals surface area contributed by atoms with Crippen LogP contribution in [0, 0.1) is 11.8 Å². The van der Waals surface area contributed by atoms with Crippen LogP contribution in [0.2, 0.25) is 0 Å². The van der Waals surface area contributed by atoms with Gasteiger partial charge in [0.25, 0.3) is 0 Å². The summed E-state index contributed by atoms with van der Waals surface area (Å²) in [5.41, 5.74) is 0. The first-order chi connectivity index (χ1) is 6.74. The molecule has 0 spiro atoms. The van der Waals surface area contributed by atoms with Gasteiger partial charge in [0.1, 0.15) is 0 Å². The zero-order valence-corrected chi connectivity index (χ0v) is 10.1. The van der Waals surface area contributed by atoms with Crippen molar-refractivity contribution in [1.82, 2.24) is 0 Å². The highest BCUT2D eigenvalue weighted by Crippen LogP contribution is 2.36. The Labute approximate surface area is 93.0 Å². The number of hydrogen-bond acceptors (Lipinski definition) is 0. The highest BCUT2D eigenvalue weighted by atomic mass is 35.5. The predicted molar refractivity (Wildman–Crippen MR) is 64.5 cm³/mol. The average Bonchev–Trinajstić information content (AvgIpc) is 2.20. The standard InChI is InChI=1S/C13H21Cl/c1-3-13(14)8-6-4-5-7-12-10-9-11(12)2/h4,6,8,11-12H,3,5,7,9-10H2,1-2H3/b6-4+,13-8+/t11?,12-/m1/s1. The van der Waals surface area contributed by atoms with Gasteiger partial charge in [-0.05, 0) is 43.6 Å². The zero-order valence-electron chi connectivity index (χ0n) is 9.30. The molecule has 0 radical (unpaired) electrons. The highest BCUT2D eigenvalue weighted by Gasteiger charge is 2.25. The molecule has 0 aromatic heterocycles. The molecular weight excluding hydrogens is 192 g/mol. The van der Waals surface area contributed by atoms with Gasteiger partial charge in [0.2, 0.25) is 0 Å². The van der Waals surface area contributed by atoms with Crippen molar-refractivity contribution in [2.24, 2.45) is 11.8 Å². The van der Waals surface area contributed by atoms with Crippen molar-refractivity contribution in [3.63, 3.8) is 0 Å². The Morgan fingerprint density at radius 3 is 2.71 bits per heavy atom. The van der Waals surface area contributed by atoms with Crippen LogP contribution < -0.4 is 0 Å². The molecule has 0 saturated heterocycles. The fourth-order valence-electron chi connectivity index (χ4n) is 1.86. The number of hydrogen-bond donors (Lipinski definition) is 0. The SMILES string of the molecule is CC/C(Cl)=C\C=C\CC[C@@H]1CCC1C. The first-order valence-corrected chi connectivity index (χ1v) is 6.13. The van der Waals surface area contributed by atoms with E-state index >= 15 is 0 Å². The Kier molecular flexibility index (Phi) is 5.32. The third kappa shape index (κ3) is 3.88. The lowest BCUT2D eigenvalue weighted by Crippen LogP contribution is -2.22. The Balaban J connectivity index is 2.08. The molecule has 2 atom stereocenters. The van der Waals surface area contributed by atoms with E-state index in [-0.39, 0.29) is 0 Å². The van der Waals surface area contributed by atoms with Crippen LogP contribution >= 0.6 is 11.6 Å². The van der Waals surface area contributed by atoms with E-state index in [9.17, 15) is 0 Å². The summed E-state index contributed by atoms with van der Waals surface area (Å²) in [7, 11) is 0. The molecule has 0 heterocycles. The number of allylic oxidation sites excluding steroid dienone is 4. The summed E-state index contributed by atoms with van der Waals surface area (Å²) < 4.78 is 0. The van der Waals surface area contributed by atoms with Crippen LogP contribution in [0.5, 0.6) is 0 Å². The van der Waals surface area contributed by atoms with E-state index in [1.807, 2.05) is 6.08 Å². The van der Waals surface area contributed by atoms with E-state index in [1.165, 1.54) is 25.7 Å². The summed E-state index contributed by atoms with van der Waals surface area (Å²) in [5.74, 6) is 1.96. The Morgan fingerprint density at radius 1 is 1.43 bits per heavy atom. The minimum atomic E-state index is 0.936. The summed E-state index contributed by atoms with van der Waals surface area (Å²) in [5, 5.41) is 0.943. The van der Waals surface area contributed by atoms with E-state index in [2.05, 4.69) is 26.0 Å². The summed E-state index contributed by atoms with van der Waals surface area (Å²) in [6.07, 6.45) is 12.7. The molecule has 14 heavy (non-hydrogen) atoms. The summed E-state index contributed by atoms with van der Waals surface area (Å²) in [6, 6.07) is 0. The van der Waals surface area contributed by atoms with Crippen LogP contribution in [-0.4, -0.2) is 0 Å². The molecule has 0 aromatic carbocycles. The molecule has 1 heteroatoms. The fraction of sp³-hybridized carbons (Fsp3) is 0.692. The van der Waals surface area contributed by atoms with Gasteiger partial charge in [-0.3, -0.25) is 0 Å². The third-order valence-corrected chi connectivity index (χ3v) is 3.65. The van der Waals surface area contributed by atoms with Gasteiger partial charge in [-0.25, -0.2) is 0 Å². The normalized spacial score (nSPS) is 28.1. The highest BCUT2D eigenvalue weighted by molar-refractivity contribution is 6.29. The maximum absolute atomic E-state index is 5.88. The lowest BCUT2D eigenvalue weighted by molar-refractivity contribution is 0.185. The van der Waals surface area contributed by atoms with Gasteiger partial charge in [0, 0.05) is 5.03 Å². The van der Waals surface area contributed by atoms with E-state index in [4.69, 9.17) is 11.6 Å². The Morgan fingerprint density at radius 2 is 2.21 bits per heavy atom. The van der Waals surface area contributed by atoms with E-state index in [1.54, 1.807) is 0 Å². The molecule has 1 rings (SSSR count). The van der Waals surface area contributed by atoms with E-state index in [0.717, 1.165) is 23.3 Å². The van der Waals surface area contributed by atoms with Crippen LogP contribution in [0.25, 0.3) is 0 Å². The van der Waals surface area contributed by atoms with Crippen LogP contribution in [0.1, 0.15) is 46.0 Å². The van der Waals surface area contributed by atoms with Crippen molar-refractivity contribution >= 4 is 11.6 Å². The second-order valence-corrected chi connectivity index (χ2v) is 4.77. The number of halogens is 1. The third-order valence-electron chi connectivity index (χ3n) is 3.25. The first-order valence-electron chi connectivity index (χ1n) is 5.75. The zero-order chi connectivity index (χ0) is 10.4. The molecule has 0 nitrogen and oxygen atoms in total. The molecule has 0 amide bonds. The maximum atomic E-state index is 5.88. The molecule has 80 valence electrons. The van der Waals surface area contributed by atoms with E-state index < -0.39 is 0 Å². The van der Waals surface area contributed by atoms with Crippen LogP contribution in [0.3, 0.4) is 0 Å². The molecule has 1 fully saturated rings. The van der Waals surface area contributed by atoms with Crippen molar-refractivity contribution in [2.45, 2.75) is 46.0 Å². The minimum absolute atomic E-state index is 0.936. The lowest BCUT2D eigenvalue weighted by atomic mass is 9.73. The molecular formula is C13H21Cl. The molecule has 0 aromatic rings. The molecule has 1 unspecified atom stereocenters. The van der Waals surface area contributed by atoms with Crippen molar-refractivity contribution in [1.29, 1.82) is 0 Å². The van der Waals surface area contributed by atoms with Gasteiger partial charge in [-0.15, -0.1) is 0 Å². The Bertz CT molecular complexity index is 215. The second kappa shape index (κ2) is 6.29. The smallest absolute Gasteiger partial charge is 0.0178 e.